The number of ether oxygens (including phenoxy) is 1. The summed E-state index contributed by atoms with van der Waals surface area (Å²) in [5.41, 5.74) is 8.46. The Morgan fingerprint density at radius 2 is 2.11 bits per heavy atom. The molecule has 1 atom stereocenters. The lowest BCUT2D eigenvalue weighted by Crippen LogP contribution is -2.57. The Bertz CT molecular complexity index is 1340. The van der Waals surface area contributed by atoms with Crippen molar-refractivity contribution in [1.82, 2.24) is 24.9 Å². The summed E-state index contributed by atoms with van der Waals surface area (Å²) in [6, 6.07) is 11.4. The van der Waals surface area contributed by atoms with Gasteiger partial charge in [-0.15, -0.1) is 11.3 Å². The lowest BCUT2D eigenvalue weighted by Gasteiger charge is -2.40. The molecule has 35 heavy (non-hydrogen) atoms. The van der Waals surface area contributed by atoms with Crippen molar-refractivity contribution in [1.29, 1.82) is 0 Å². The van der Waals surface area contributed by atoms with Crippen LogP contribution in [0.4, 0.5) is 5.82 Å². The molecule has 4 heterocycles. The maximum absolute atomic E-state index is 13.2. The number of hydrogen-bond donors (Lipinski definition) is 1. The van der Waals surface area contributed by atoms with E-state index in [4.69, 9.17) is 26.6 Å². The second-order valence-corrected chi connectivity index (χ2v) is 10.1. The molecule has 4 aromatic rings. The molecule has 9 nitrogen and oxygen atoms in total. The molecule has 2 N–H and O–H groups in total. The van der Waals surface area contributed by atoms with E-state index in [-0.39, 0.29) is 11.9 Å². The fourth-order valence-electron chi connectivity index (χ4n) is 4.28. The molecule has 0 spiro atoms. The molecule has 1 aliphatic heterocycles. The molecule has 1 aromatic carbocycles. The van der Waals surface area contributed by atoms with E-state index in [1.165, 1.54) is 17.7 Å². The first-order chi connectivity index (χ1) is 17.0. The lowest BCUT2D eigenvalue weighted by molar-refractivity contribution is -0.143. The summed E-state index contributed by atoms with van der Waals surface area (Å²) in [5, 5.41) is 5.00. The van der Waals surface area contributed by atoms with E-state index in [1.807, 2.05) is 48.2 Å². The monoisotopic (exact) mass is 512 g/mol. The van der Waals surface area contributed by atoms with Crippen molar-refractivity contribution in [3.63, 3.8) is 0 Å². The van der Waals surface area contributed by atoms with Crippen molar-refractivity contribution in [2.24, 2.45) is 0 Å². The first-order valence-corrected chi connectivity index (χ1v) is 12.5. The lowest BCUT2D eigenvalue weighted by atomic mass is 10.1. The van der Waals surface area contributed by atoms with Crippen LogP contribution < -0.4 is 5.73 Å². The number of fused-ring (bicyclic) bond motifs is 1. The number of piperazine rings is 1. The molecule has 0 radical (unpaired) electrons. The van der Waals surface area contributed by atoms with Gasteiger partial charge >= 0.3 is 0 Å². The second-order valence-electron chi connectivity index (χ2n) is 8.40. The standard InChI is InChI=1S/C24H25ClN6O3S/c1-2-33-13-17-11-30(10-16-8-20(34-29-16)21-5-6-22(25)35-21)12-23(32)31(17)9-15-3-4-18-19(7-15)27-14-28-24(18)26/h3-8,14,17H,2,9-13H2,1H3,(H2,26,27,28)/t17-/m1/s1. The third kappa shape index (κ3) is 5.30. The predicted molar refractivity (Wildman–Crippen MR) is 135 cm³/mol. The minimum absolute atomic E-state index is 0.0389. The molecule has 0 saturated carbocycles. The van der Waals surface area contributed by atoms with Crippen molar-refractivity contribution in [3.8, 4) is 10.6 Å². The summed E-state index contributed by atoms with van der Waals surface area (Å²) >= 11 is 7.47. The van der Waals surface area contributed by atoms with Crippen LogP contribution in [0.2, 0.25) is 4.34 Å². The predicted octanol–water partition coefficient (Wildman–Crippen LogP) is 3.83. The van der Waals surface area contributed by atoms with E-state index in [2.05, 4.69) is 20.0 Å². The average Bonchev–Trinajstić information content (AvgIpc) is 3.48. The third-order valence-electron chi connectivity index (χ3n) is 5.95. The van der Waals surface area contributed by atoms with Crippen LogP contribution >= 0.6 is 22.9 Å². The topological polar surface area (TPSA) is 111 Å². The maximum atomic E-state index is 13.2. The number of halogens is 1. The number of amides is 1. The third-order valence-corrected chi connectivity index (χ3v) is 7.19. The number of thiophene rings is 1. The van der Waals surface area contributed by atoms with E-state index in [9.17, 15) is 4.79 Å². The van der Waals surface area contributed by atoms with Crippen molar-refractivity contribution >= 4 is 45.6 Å². The number of nitrogens with two attached hydrogens (primary N) is 1. The average molecular weight is 513 g/mol. The number of hydrogen-bond acceptors (Lipinski definition) is 9. The van der Waals surface area contributed by atoms with E-state index in [0.29, 0.717) is 55.3 Å². The van der Waals surface area contributed by atoms with Gasteiger partial charge in [0, 0.05) is 37.7 Å². The second kappa shape index (κ2) is 10.3. The molecule has 0 aliphatic carbocycles. The maximum Gasteiger partial charge on any atom is 0.237 e. The quantitative estimate of drug-likeness (QED) is 0.379. The Morgan fingerprint density at radius 3 is 2.91 bits per heavy atom. The molecule has 182 valence electrons. The number of anilines is 1. The van der Waals surface area contributed by atoms with Gasteiger partial charge in [0.1, 0.15) is 12.1 Å². The highest BCUT2D eigenvalue weighted by Crippen LogP contribution is 2.31. The molecule has 1 fully saturated rings. The van der Waals surface area contributed by atoms with Crippen LogP contribution in [0.25, 0.3) is 21.5 Å². The molecule has 1 amide bonds. The SMILES string of the molecule is CCOC[C@H]1CN(Cc2cc(-c3ccc(Cl)s3)on2)CC(=O)N1Cc1ccc2c(N)ncnc2c1. The molecular formula is C24H25ClN6O3S. The summed E-state index contributed by atoms with van der Waals surface area (Å²) in [6.07, 6.45) is 1.45. The van der Waals surface area contributed by atoms with E-state index < -0.39 is 0 Å². The molecule has 3 aromatic heterocycles. The van der Waals surface area contributed by atoms with Crippen molar-refractivity contribution in [2.45, 2.75) is 26.1 Å². The highest BCUT2D eigenvalue weighted by atomic mass is 35.5. The van der Waals surface area contributed by atoms with Gasteiger partial charge in [0.15, 0.2) is 5.76 Å². The number of rotatable bonds is 8. The minimum Gasteiger partial charge on any atom is -0.383 e. The Morgan fingerprint density at radius 1 is 1.23 bits per heavy atom. The fraction of sp³-hybridized carbons (Fsp3) is 0.333. The zero-order valence-corrected chi connectivity index (χ0v) is 20.8. The summed E-state index contributed by atoms with van der Waals surface area (Å²) in [5.74, 6) is 1.16. The van der Waals surface area contributed by atoms with Crippen LogP contribution in [0.15, 0.2) is 47.2 Å². The number of aromatic nitrogens is 3. The Balaban J connectivity index is 1.30. The van der Waals surface area contributed by atoms with Gasteiger partial charge in [0.2, 0.25) is 5.91 Å². The van der Waals surface area contributed by atoms with E-state index >= 15 is 0 Å². The molecule has 0 unspecified atom stereocenters. The van der Waals surface area contributed by atoms with Gasteiger partial charge in [0.25, 0.3) is 0 Å². The van der Waals surface area contributed by atoms with Gasteiger partial charge in [-0.25, -0.2) is 9.97 Å². The molecule has 11 heteroatoms. The first kappa shape index (κ1) is 23.7. The minimum atomic E-state index is -0.0927. The normalized spacial score (nSPS) is 16.9. The van der Waals surface area contributed by atoms with E-state index in [0.717, 1.165) is 27.0 Å². The smallest absolute Gasteiger partial charge is 0.237 e. The molecule has 5 rings (SSSR count). The van der Waals surface area contributed by atoms with Crippen molar-refractivity contribution in [2.75, 3.05) is 32.0 Å². The molecular weight excluding hydrogens is 488 g/mol. The summed E-state index contributed by atoms with van der Waals surface area (Å²) < 4.78 is 11.9. The van der Waals surface area contributed by atoms with E-state index in [1.54, 1.807) is 0 Å². The van der Waals surface area contributed by atoms with Crippen LogP contribution in [0.1, 0.15) is 18.2 Å². The summed E-state index contributed by atoms with van der Waals surface area (Å²) in [7, 11) is 0. The van der Waals surface area contributed by atoms with Crippen molar-refractivity contribution in [3.05, 3.63) is 58.3 Å². The van der Waals surface area contributed by atoms with Gasteiger partial charge in [-0.1, -0.05) is 22.8 Å². The van der Waals surface area contributed by atoms with Crippen LogP contribution in [0.3, 0.4) is 0 Å². The van der Waals surface area contributed by atoms with Crippen LogP contribution in [0, 0.1) is 0 Å². The van der Waals surface area contributed by atoms with Gasteiger partial charge in [0.05, 0.1) is 39.6 Å². The number of benzene rings is 1. The van der Waals surface area contributed by atoms with Crippen LogP contribution in [0.5, 0.6) is 0 Å². The zero-order valence-electron chi connectivity index (χ0n) is 19.2. The molecule has 0 bridgehead atoms. The Labute approximate surface area is 211 Å². The summed E-state index contributed by atoms with van der Waals surface area (Å²) in [6.45, 7) is 4.93. The highest BCUT2D eigenvalue weighted by Gasteiger charge is 2.33. The molecule has 1 saturated heterocycles. The summed E-state index contributed by atoms with van der Waals surface area (Å²) in [4.78, 5) is 26.5. The highest BCUT2D eigenvalue weighted by molar-refractivity contribution is 7.19. The largest absolute Gasteiger partial charge is 0.383 e. The van der Waals surface area contributed by atoms with Gasteiger partial charge in [-0.05, 0) is 36.8 Å². The fourth-order valence-corrected chi connectivity index (χ4v) is 5.27. The van der Waals surface area contributed by atoms with Crippen molar-refractivity contribution < 1.29 is 14.1 Å². The number of nitrogens with zero attached hydrogens (tertiary/aromatic N) is 5. The van der Waals surface area contributed by atoms with Gasteiger partial charge in [-0.3, -0.25) is 9.69 Å². The van der Waals surface area contributed by atoms with Gasteiger partial charge < -0.3 is 19.9 Å². The first-order valence-electron chi connectivity index (χ1n) is 11.3. The number of carbonyl (C=O) groups is 1. The molecule has 1 aliphatic rings. The number of carbonyl (C=O) groups excluding carboxylic acids is 1. The van der Waals surface area contributed by atoms with Crippen LogP contribution in [-0.2, 0) is 22.6 Å². The number of nitrogen functional groups attached to an aromatic ring is 1. The van der Waals surface area contributed by atoms with Gasteiger partial charge in [-0.2, -0.15) is 0 Å². The Hall–Kier alpha value is -3.05. The van der Waals surface area contributed by atoms with Crippen LogP contribution in [-0.4, -0.2) is 63.2 Å². The zero-order chi connectivity index (χ0) is 24.4. The Kier molecular flexibility index (Phi) is 6.96.